The second-order valence-corrected chi connectivity index (χ2v) is 5.28. The first-order chi connectivity index (χ1) is 8.67. The van der Waals surface area contributed by atoms with Crippen molar-refractivity contribution in [3.63, 3.8) is 0 Å². The summed E-state index contributed by atoms with van der Waals surface area (Å²) in [6.45, 7) is 4.10. The molecule has 0 aliphatic rings. The molecule has 0 saturated carbocycles. The second-order valence-electron chi connectivity index (χ2n) is 4.28. The number of thiazole rings is 1. The van der Waals surface area contributed by atoms with Crippen molar-refractivity contribution in [1.29, 1.82) is 0 Å². The van der Waals surface area contributed by atoms with Crippen LogP contribution in [0, 0.1) is 13.8 Å². The number of fused-ring (bicyclic) bond motifs is 1. The summed E-state index contributed by atoms with van der Waals surface area (Å²) >= 11 is 1.63. The number of nitrogens with zero attached hydrogens (tertiary/aromatic N) is 3. The molecule has 5 heteroatoms. The Morgan fingerprint density at radius 1 is 1.17 bits per heavy atom. The maximum Gasteiger partial charge on any atom is 0.183 e. The fourth-order valence-electron chi connectivity index (χ4n) is 1.95. The second kappa shape index (κ2) is 4.10. The van der Waals surface area contributed by atoms with Crippen molar-refractivity contribution < 1.29 is 0 Å². The Hall–Kier alpha value is -1.88. The molecule has 3 aromatic heterocycles. The van der Waals surface area contributed by atoms with Gasteiger partial charge in [0.05, 0.1) is 10.6 Å². The van der Waals surface area contributed by atoms with Crippen LogP contribution in [0.15, 0.2) is 24.5 Å². The number of anilines is 1. The Kier molecular flexibility index (Phi) is 2.56. The van der Waals surface area contributed by atoms with Crippen molar-refractivity contribution in [2.75, 3.05) is 12.4 Å². The molecule has 0 saturated heterocycles. The number of nitrogens with one attached hydrogen (secondary N) is 1. The lowest BCUT2D eigenvalue weighted by Gasteiger charge is -1.93. The molecule has 0 unspecified atom stereocenters. The molecule has 0 spiro atoms. The molecule has 0 amide bonds. The number of imidazole rings is 1. The smallest absolute Gasteiger partial charge is 0.183 e. The highest BCUT2D eigenvalue weighted by Crippen LogP contribution is 2.31. The molecule has 92 valence electrons. The van der Waals surface area contributed by atoms with Gasteiger partial charge in [0, 0.05) is 19.4 Å². The summed E-state index contributed by atoms with van der Waals surface area (Å²) in [6, 6.07) is 4.11. The predicted molar refractivity (Wildman–Crippen MR) is 75.3 cm³/mol. The molecule has 4 nitrogen and oxygen atoms in total. The van der Waals surface area contributed by atoms with Crippen molar-refractivity contribution in [2.45, 2.75) is 13.8 Å². The monoisotopic (exact) mass is 258 g/mol. The van der Waals surface area contributed by atoms with E-state index in [0.717, 1.165) is 27.0 Å². The molecule has 3 heterocycles. The highest BCUT2D eigenvalue weighted by Gasteiger charge is 2.12. The fourth-order valence-corrected chi connectivity index (χ4v) is 2.83. The third kappa shape index (κ3) is 1.76. The summed E-state index contributed by atoms with van der Waals surface area (Å²) < 4.78 is 2.06. The van der Waals surface area contributed by atoms with Gasteiger partial charge in [-0.3, -0.25) is 0 Å². The van der Waals surface area contributed by atoms with Gasteiger partial charge in [-0.15, -0.1) is 0 Å². The van der Waals surface area contributed by atoms with Gasteiger partial charge in [0.25, 0.3) is 0 Å². The summed E-state index contributed by atoms with van der Waals surface area (Å²) in [5, 5.41) is 4.00. The fraction of sp³-hybridized carbons (Fsp3) is 0.231. The molecular formula is C13H14N4S. The van der Waals surface area contributed by atoms with Crippen LogP contribution in [0.2, 0.25) is 0 Å². The minimum absolute atomic E-state index is 0.927. The lowest BCUT2D eigenvalue weighted by Crippen LogP contribution is -1.84. The van der Waals surface area contributed by atoms with Crippen molar-refractivity contribution >= 4 is 22.1 Å². The van der Waals surface area contributed by atoms with Gasteiger partial charge in [-0.25, -0.2) is 9.97 Å². The average molecular weight is 258 g/mol. The van der Waals surface area contributed by atoms with Crippen LogP contribution in [0.4, 0.5) is 5.13 Å². The van der Waals surface area contributed by atoms with E-state index in [9.17, 15) is 0 Å². The third-order valence-corrected chi connectivity index (χ3v) is 4.04. The normalized spacial score (nSPS) is 11.1. The molecule has 0 aromatic carbocycles. The molecule has 18 heavy (non-hydrogen) atoms. The van der Waals surface area contributed by atoms with Gasteiger partial charge in [-0.2, -0.15) is 0 Å². The molecule has 0 aliphatic heterocycles. The number of pyridine rings is 1. The number of hydrogen-bond donors (Lipinski definition) is 1. The molecule has 0 aliphatic carbocycles. The Morgan fingerprint density at radius 2 is 2.00 bits per heavy atom. The first-order valence-electron chi connectivity index (χ1n) is 5.78. The Balaban J connectivity index is 2.15. The first kappa shape index (κ1) is 11.2. The van der Waals surface area contributed by atoms with Crippen LogP contribution in [-0.4, -0.2) is 21.4 Å². The van der Waals surface area contributed by atoms with E-state index in [1.165, 1.54) is 5.56 Å². The van der Waals surface area contributed by atoms with Crippen LogP contribution >= 0.6 is 11.3 Å². The molecule has 0 bridgehead atoms. The van der Waals surface area contributed by atoms with E-state index in [1.54, 1.807) is 11.3 Å². The Bertz CT molecular complexity index is 711. The average Bonchev–Trinajstić information content (AvgIpc) is 2.91. The third-order valence-electron chi connectivity index (χ3n) is 2.84. The van der Waals surface area contributed by atoms with E-state index < -0.39 is 0 Å². The van der Waals surface area contributed by atoms with Crippen LogP contribution in [0.5, 0.6) is 0 Å². The topological polar surface area (TPSA) is 42.2 Å². The number of hydrogen-bond acceptors (Lipinski definition) is 4. The van der Waals surface area contributed by atoms with Gasteiger partial charge in [0.1, 0.15) is 11.3 Å². The van der Waals surface area contributed by atoms with E-state index in [0.29, 0.717) is 0 Å². The minimum Gasteiger partial charge on any atom is -0.365 e. The quantitative estimate of drug-likeness (QED) is 0.768. The maximum atomic E-state index is 4.64. The zero-order valence-electron chi connectivity index (χ0n) is 10.6. The summed E-state index contributed by atoms with van der Waals surface area (Å²) in [6.07, 6.45) is 4.14. The summed E-state index contributed by atoms with van der Waals surface area (Å²) in [5.74, 6) is 0. The lowest BCUT2D eigenvalue weighted by atomic mass is 10.3. The van der Waals surface area contributed by atoms with Crippen LogP contribution in [0.25, 0.3) is 16.2 Å². The molecule has 1 N–H and O–H groups in total. The van der Waals surface area contributed by atoms with Gasteiger partial charge >= 0.3 is 0 Å². The maximum absolute atomic E-state index is 4.64. The van der Waals surface area contributed by atoms with Crippen molar-refractivity contribution in [1.82, 2.24) is 14.4 Å². The first-order valence-corrected chi connectivity index (χ1v) is 6.60. The molecule has 3 rings (SSSR count). The Morgan fingerprint density at radius 3 is 2.72 bits per heavy atom. The van der Waals surface area contributed by atoms with Crippen LogP contribution in [0.1, 0.15) is 11.3 Å². The largest absolute Gasteiger partial charge is 0.365 e. The highest BCUT2D eigenvalue weighted by atomic mass is 32.1. The zero-order valence-corrected chi connectivity index (χ0v) is 11.4. The number of aromatic nitrogens is 3. The molecule has 0 fully saturated rings. The van der Waals surface area contributed by atoms with Gasteiger partial charge in [-0.1, -0.05) is 17.4 Å². The van der Waals surface area contributed by atoms with Crippen molar-refractivity contribution in [2.24, 2.45) is 0 Å². The van der Waals surface area contributed by atoms with Gasteiger partial charge in [0.2, 0.25) is 0 Å². The van der Waals surface area contributed by atoms with E-state index >= 15 is 0 Å². The number of rotatable bonds is 2. The molecular weight excluding hydrogens is 244 g/mol. The lowest BCUT2D eigenvalue weighted by molar-refractivity contribution is 1.16. The minimum atomic E-state index is 0.927. The number of aryl methyl sites for hydroxylation is 2. The standard InChI is InChI=1S/C13H14N4S/c1-8-4-5-11-16-10(7-17(11)6-8)12-9(2)15-13(14-3)18-12/h4-7H,1-3H3,(H,14,15). The van der Waals surface area contributed by atoms with Gasteiger partial charge in [-0.05, 0) is 25.5 Å². The van der Waals surface area contributed by atoms with Gasteiger partial charge in [0.15, 0.2) is 5.13 Å². The van der Waals surface area contributed by atoms with Crippen LogP contribution in [0.3, 0.4) is 0 Å². The van der Waals surface area contributed by atoms with Crippen molar-refractivity contribution in [3.05, 3.63) is 35.8 Å². The van der Waals surface area contributed by atoms with E-state index in [2.05, 4.69) is 45.1 Å². The van der Waals surface area contributed by atoms with Crippen LogP contribution < -0.4 is 5.32 Å². The van der Waals surface area contributed by atoms with E-state index in [4.69, 9.17) is 0 Å². The van der Waals surface area contributed by atoms with E-state index in [1.807, 2.05) is 20.0 Å². The van der Waals surface area contributed by atoms with Crippen LogP contribution in [-0.2, 0) is 0 Å². The zero-order chi connectivity index (χ0) is 12.7. The van der Waals surface area contributed by atoms with Crippen molar-refractivity contribution in [3.8, 4) is 10.6 Å². The molecule has 0 atom stereocenters. The SMILES string of the molecule is CNc1nc(C)c(-c2cn3cc(C)ccc3n2)s1. The molecule has 0 radical (unpaired) electrons. The summed E-state index contributed by atoms with van der Waals surface area (Å²) in [5.41, 5.74) is 4.19. The van der Waals surface area contributed by atoms with Gasteiger partial charge < -0.3 is 9.72 Å². The van der Waals surface area contributed by atoms with E-state index in [-0.39, 0.29) is 0 Å². The Labute approximate surface area is 109 Å². The predicted octanol–water partition coefficient (Wildman–Crippen LogP) is 3.12. The summed E-state index contributed by atoms with van der Waals surface area (Å²) in [4.78, 5) is 10.2. The molecule has 3 aromatic rings. The highest BCUT2D eigenvalue weighted by molar-refractivity contribution is 7.19. The summed E-state index contributed by atoms with van der Waals surface area (Å²) in [7, 11) is 1.88.